The molecule has 0 atom stereocenters. The van der Waals surface area contributed by atoms with Crippen LogP contribution < -0.4 is 10.1 Å². The summed E-state index contributed by atoms with van der Waals surface area (Å²) in [6, 6.07) is 25.1. The number of carbonyl (C=O) groups excluding carboxylic acids is 1. The fraction of sp³-hybridized carbons (Fsp3) is 0.0833. The van der Waals surface area contributed by atoms with Crippen molar-refractivity contribution >= 4 is 40.0 Å². The van der Waals surface area contributed by atoms with E-state index in [0.29, 0.717) is 22.1 Å². The van der Waals surface area contributed by atoms with Crippen LogP contribution in [0.1, 0.15) is 0 Å². The lowest BCUT2D eigenvalue weighted by atomic mass is 10.2. The van der Waals surface area contributed by atoms with Gasteiger partial charge in [0.1, 0.15) is 10.8 Å². The van der Waals surface area contributed by atoms with Crippen LogP contribution in [-0.2, 0) is 4.79 Å². The maximum Gasteiger partial charge on any atom is 0.234 e. The van der Waals surface area contributed by atoms with Crippen LogP contribution in [0.25, 0.3) is 28.1 Å². The molecule has 7 nitrogen and oxygen atoms in total. The molecular formula is C24H19N5O2S. The maximum absolute atomic E-state index is 12.6. The second-order valence-electron chi connectivity index (χ2n) is 6.99. The molecule has 5 rings (SSSR count). The van der Waals surface area contributed by atoms with Gasteiger partial charge in [-0.2, -0.15) is 0 Å². The smallest absolute Gasteiger partial charge is 0.234 e. The Bertz CT molecular complexity index is 1420. The molecule has 0 saturated carbocycles. The summed E-state index contributed by atoms with van der Waals surface area (Å²) in [6.45, 7) is 0. The number of aromatic nitrogens is 4. The number of carbonyl (C=O) groups is 1. The van der Waals surface area contributed by atoms with Crippen LogP contribution in [0.4, 0.5) is 5.69 Å². The van der Waals surface area contributed by atoms with Gasteiger partial charge in [0, 0.05) is 5.56 Å². The van der Waals surface area contributed by atoms with Gasteiger partial charge in [-0.25, -0.2) is 4.98 Å². The van der Waals surface area contributed by atoms with Crippen LogP contribution in [0, 0.1) is 0 Å². The summed E-state index contributed by atoms with van der Waals surface area (Å²) in [5.41, 5.74) is 3.93. The molecule has 32 heavy (non-hydrogen) atoms. The van der Waals surface area contributed by atoms with E-state index in [9.17, 15) is 4.79 Å². The number of ether oxygens (including phenoxy) is 1. The number of thioether (sulfide) groups is 1. The molecule has 0 radical (unpaired) electrons. The molecule has 0 aliphatic rings. The second kappa shape index (κ2) is 8.68. The minimum atomic E-state index is -0.157. The van der Waals surface area contributed by atoms with Crippen LogP contribution >= 0.6 is 11.8 Å². The minimum Gasteiger partial charge on any atom is -0.495 e. The molecule has 1 N–H and O–H groups in total. The van der Waals surface area contributed by atoms with Crippen molar-refractivity contribution in [3.8, 4) is 17.1 Å². The van der Waals surface area contributed by atoms with Crippen molar-refractivity contribution in [1.29, 1.82) is 0 Å². The van der Waals surface area contributed by atoms with E-state index in [1.165, 1.54) is 11.8 Å². The van der Waals surface area contributed by atoms with Crippen molar-refractivity contribution in [1.82, 2.24) is 19.6 Å². The van der Waals surface area contributed by atoms with Gasteiger partial charge in [0.25, 0.3) is 0 Å². The monoisotopic (exact) mass is 441 g/mol. The number of para-hydroxylation sites is 4. The zero-order valence-electron chi connectivity index (χ0n) is 17.2. The Kier molecular flexibility index (Phi) is 5.43. The predicted molar refractivity (Wildman–Crippen MR) is 126 cm³/mol. The Morgan fingerprint density at radius 1 is 0.969 bits per heavy atom. The summed E-state index contributed by atoms with van der Waals surface area (Å²) in [5, 5.41) is 12.4. The third-order valence-electron chi connectivity index (χ3n) is 4.95. The first-order valence-electron chi connectivity index (χ1n) is 9.99. The fourth-order valence-electron chi connectivity index (χ4n) is 3.50. The number of fused-ring (bicyclic) bond motifs is 3. The molecule has 2 aromatic heterocycles. The molecule has 0 aliphatic heterocycles. The highest BCUT2D eigenvalue weighted by Gasteiger charge is 2.17. The minimum absolute atomic E-state index is 0.157. The average molecular weight is 442 g/mol. The first-order valence-corrected chi connectivity index (χ1v) is 11.0. The highest BCUT2D eigenvalue weighted by Crippen LogP contribution is 2.29. The number of hydrogen-bond donors (Lipinski definition) is 1. The van der Waals surface area contributed by atoms with Gasteiger partial charge in [-0.15, -0.1) is 10.2 Å². The van der Waals surface area contributed by atoms with Gasteiger partial charge in [-0.3, -0.25) is 9.20 Å². The van der Waals surface area contributed by atoms with Gasteiger partial charge >= 0.3 is 0 Å². The number of methoxy groups -OCH3 is 1. The number of anilines is 1. The SMILES string of the molecule is COc1ccccc1NC(=O)CSc1nc2ccccc2n2c(-c3ccccc3)nnc12. The fourth-order valence-corrected chi connectivity index (χ4v) is 4.26. The number of benzene rings is 3. The molecule has 158 valence electrons. The molecular weight excluding hydrogens is 422 g/mol. The predicted octanol–water partition coefficient (Wildman–Crippen LogP) is 4.68. The van der Waals surface area contributed by atoms with Gasteiger partial charge in [-0.1, -0.05) is 66.4 Å². The standard InChI is InChI=1S/C24H19N5O2S/c1-31-20-14-8-6-12-18(20)25-21(30)15-32-24-23-28-27-22(16-9-3-2-4-10-16)29(23)19-13-7-5-11-17(19)26-24/h2-14H,15H2,1H3,(H,25,30). The maximum atomic E-state index is 12.6. The molecule has 0 saturated heterocycles. The number of nitrogens with one attached hydrogen (secondary N) is 1. The molecule has 8 heteroatoms. The summed E-state index contributed by atoms with van der Waals surface area (Å²) in [6.07, 6.45) is 0. The number of amides is 1. The van der Waals surface area contributed by atoms with Crippen LogP contribution in [-0.4, -0.2) is 38.4 Å². The Morgan fingerprint density at radius 2 is 1.72 bits per heavy atom. The molecule has 0 fully saturated rings. The van der Waals surface area contributed by atoms with E-state index < -0.39 is 0 Å². The van der Waals surface area contributed by atoms with E-state index in [0.717, 1.165) is 22.4 Å². The third kappa shape index (κ3) is 3.76. The van der Waals surface area contributed by atoms with Crippen molar-refractivity contribution in [2.75, 3.05) is 18.2 Å². The Labute approximate surface area is 188 Å². The van der Waals surface area contributed by atoms with Crippen molar-refractivity contribution in [2.45, 2.75) is 5.03 Å². The highest BCUT2D eigenvalue weighted by atomic mass is 32.2. The molecule has 1 amide bonds. The Balaban J connectivity index is 1.49. The van der Waals surface area contributed by atoms with E-state index in [4.69, 9.17) is 9.72 Å². The van der Waals surface area contributed by atoms with Crippen LogP contribution in [0.15, 0.2) is 83.9 Å². The summed E-state index contributed by atoms with van der Waals surface area (Å²) >= 11 is 1.33. The van der Waals surface area contributed by atoms with Gasteiger partial charge in [-0.05, 0) is 24.3 Å². The van der Waals surface area contributed by atoms with Crippen LogP contribution in [0.5, 0.6) is 5.75 Å². The van der Waals surface area contributed by atoms with E-state index in [1.807, 2.05) is 71.1 Å². The number of nitrogens with zero attached hydrogens (tertiary/aromatic N) is 4. The average Bonchev–Trinajstić information content (AvgIpc) is 3.29. The van der Waals surface area contributed by atoms with E-state index in [-0.39, 0.29) is 11.7 Å². The van der Waals surface area contributed by atoms with E-state index >= 15 is 0 Å². The summed E-state index contributed by atoms with van der Waals surface area (Å²) < 4.78 is 7.30. The lowest BCUT2D eigenvalue weighted by Crippen LogP contribution is -2.15. The molecule has 0 unspecified atom stereocenters. The molecule has 3 aromatic carbocycles. The number of hydrogen-bond acceptors (Lipinski definition) is 6. The van der Waals surface area contributed by atoms with Gasteiger partial charge in [0.05, 0.1) is 29.6 Å². The van der Waals surface area contributed by atoms with Crippen molar-refractivity contribution < 1.29 is 9.53 Å². The van der Waals surface area contributed by atoms with Gasteiger partial charge in [0.2, 0.25) is 5.91 Å². The molecule has 0 spiro atoms. The zero-order chi connectivity index (χ0) is 21.9. The second-order valence-corrected chi connectivity index (χ2v) is 7.96. The van der Waals surface area contributed by atoms with Gasteiger partial charge < -0.3 is 10.1 Å². The topological polar surface area (TPSA) is 81.4 Å². The van der Waals surface area contributed by atoms with Crippen LogP contribution in [0.3, 0.4) is 0 Å². The Hall–Kier alpha value is -3.91. The normalized spacial score (nSPS) is 11.0. The summed E-state index contributed by atoms with van der Waals surface area (Å²) in [4.78, 5) is 17.4. The van der Waals surface area contributed by atoms with Crippen molar-refractivity contribution in [3.63, 3.8) is 0 Å². The van der Waals surface area contributed by atoms with E-state index in [2.05, 4.69) is 15.5 Å². The van der Waals surface area contributed by atoms with Crippen molar-refractivity contribution in [2.24, 2.45) is 0 Å². The van der Waals surface area contributed by atoms with Gasteiger partial charge in [0.15, 0.2) is 11.5 Å². The highest BCUT2D eigenvalue weighted by molar-refractivity contribution is 8.00. The van der Waals surface area contributed by atoms with E-state index in [1.54, 1.807) is 19.2 Å². The first-order chi connectivity index (χ1) is 15.7. The molecule has 0 aliphatic carbocycles. The van der Waals surface area contributed by atoms with Crippen molar-refractivity contribution in [3.05, 3.63) is 78.9 Å². The Morgan fingerprint density at radius 3 is 2.56 bits per heavy atom. The lowest BCUT2D eigenvalue weighted by molar-refractivity contribution is -0.113. The third-order valence-corrected chi connectivity index (χ3v) is 5.91. The first kappa shape index (κ1) is 20.0. The lowest BCUT2D eigenvalue weighted by Gasteiger charge is -2.10. The largest absolute Gasteiger partial charge is 0.495 e. The van der Waals surface area contributed by atoms with Crippen LogP contribution in [0.2, 0.25) is 0 Å². The molecule has 5 aromatic rings. The quantitative estimate of drug-likeness (QED) is 0.385. The number of rotatable bonds is 6. The molecule has 2 heterocycles. The summed E-state index contributed by atoms with van der Waals surface area (Å²) in [7, 11) is 1.57. The zero-order valence-corrected chi connectivity index (χ0v) is 18.0. The summed E-state index contributed by atoms with van der Waals surface area (Å²) in [5.74, 6) is 1.36. The molecule has 0 bridgehead atoms.